The van der Waals surface area contributed by atoms with Crippen molar-refractivity contribution in [2.45, 2.75) is 66.7 Å². The summed E-state index contributed by atoms with van der Waals surface area (Å²) in [4.78, 5) is 10.8. The van der Waals surface area contributed by atoms with Gasteiger partial charge in [0.2, 0.25) is 0 Å². The minimum absolute atomic E-state index is 0.160. The summed E-state index contributed by atoms with van der Waals surface area (Å²) in [7, 11) is 0. The third-order valence-corrected chi connectivity index (χ3v) is 5.59. The fourth-order valence-corrected chi connectivity index (χ4v) is 3.75. The Morgan fingerprint density at radius 2 is 1.66 bits per heavy atom. The Balaban J connectivity index is 0.00000145. The van der Waals surface area contributed by atoms with E-state index in [2.05, 4.69) is 38.1 Å². The summed E-state index contributed by atoms with van der Waals surface area (Å²) >= 11 is 0. The minimum atomic E-state index is -0.760. The molecule has 1 aliphatic carbocycles. The molecule has 0 bridgehead atoms. The molecule has 0 saturated heterocycles. The number of hydrogen-bond acceptors (Lipinski definition) is 2. The molecule has 3 heteroatoms. The van der Waals surface area contributed by atoms with E-state index in [0.717, 1.165) is 35.3 Å². The van der Waals surface area contributed by atoms with Gasteiger partial charge in [-0.1, -0.05) is 49.7 Å². The van der Waals surface area contributed by atoms with Crippen LogP contribution in [0.25, 0.3) is 5.57 Å². The molecule has 3 rings (SSSR count). The fourth-order valence-electron chi connectivity index (χ4n) is 3.75. The quantitative estimate of drug-likeness (QED) is 0.570. The van der Waals surface area contributed by atoms with Crippen molar-refractivity contribution in [3.8, 4) is 5.75 Å². The molecule has 0 unspecified atom stereocenters. The first-order chi connectivity index (χ1) is 14.0. The number of aryl methyl sites for hydroxylation is 2. The molecular formula is C26H34O3. The smallest absolute Gasteiger partial charge is 0.303 e. The van der Waals surface area contributed by atoms with Gasteiger partial charge in [-0.15, -0.1) is 0 Å². The van der Waals surface area contributed by atoms with Crippen LogP contribution < -0.4 is 4.74 Å². The number of carboxylic acid groups (broad SMARTS) is 1. The fraction of sp³-hybridized carbons (Fsp3) is 0.423. The topological polar surface area (TPSA) is 46.5 Å². The van der Waals surface area contributed by atoms with E-state index in [4.69, 9.17) is 9.84 Å². The zero-order valence-corrected chi connectivity index (χ0v) is 18.5. The highest BCUT2D eigenvalue weighted by Gasteiger charge is 2.17. The Morgan fingerprint density at radius 1 is 0.966 bits per heavy atom. The summed E-state index contributed by atoms with van der Waals surface area (Å²) < 4.78 is 6.18. The van der Waals surface area contributed by atoms with Gasteiger partial charge in [0.25, 0.3) is 0 Å². The van der Waals surface area contributed by atoms with E-state index in [1.807, 2.05) is 32.9 Å². The van der Waals surface area contributed by atoms with E-state index in [1.54, 1.807) is 0 Å². The van der Waals surface area contributed by atoms with Crippen molar-refractivity contribution in [3.05, 3.63) is 69.8 Å². The lowest BCUT2D eigenvalue weighted by Gasteiger charge is -2.15. The Bertz CT molecular complexity index is 860. The summed E-state index contributed by atoms with van der Waals surface area (Å²) in [5.74, 6) is 0.137. The third-order valence-electron chi connectivity index (χ3n) is 5.59. The average Bonchev–Trinajstić information content (AvgIpc) is 3.19. The van der Waals surface area contributed by atoms with Crippen LogP contribution in [0, 0.1) is 20.8 Å². The summed E-state index contributed by atoms with van der Waals surface area (Å²) in [6, 6.07) is 12.8. The second-order valence-corrected chi connectivity index (χ2v) is 7.46. The summed E-state index contributed by atoms with van der Waals surface area (Å²) in [5.41, 5.74) is 8.75. The maximum Gasteiger partial charge on any atom is 0.303 e. The molecule has 0 atom stereocenters. The molecular weight excluding hydrogens is 360 g/mol. The minimum Gasteiger partial charge on any atom is -0.489 e. The van der Waals surface area contributed by atoms with Crippen molar-refractivity contribution in [2.75, 3.05) is 6.61 Å². The number of hydrogen-bond donors (Lipinski definition) is 1. The molecule has 0 fully saturated rings. The van der Waals surface area contributed by atoms with Crippen molar-refractivity contribution in [2.24, 2.45) is 0 Å². The number of allylic oxidation sites excluding steroid dienone is 1. The number of aliphatic carboxylic acids is 1. The van der Waals surface area contributed by atoms with E-state index in [9.17, 15) is 4.79 Å². The SMILES string of the molecule is CC.Cc1ccc(C2=C(COc3ccc(CCC(=O)O)c(C)c3C)CCC2)cc1. The van der Waals surface area contributed by atoms with E-state index < -0.39 is 5.97 Å². The number of ether oxygens (including phenoxy) is 1. The van der Waals surface area contributed by atoms with E-state index in [0.29, 0.717) is 13.0 Å². The van der Waals surface area contributed by atoms with Crippen molar-refractivity contribution in [1.29, 1.82) is 0 Å². The zero-order chi connectivity index (χ0) is 21.4. The Labute approximate surface area is 175 Å². The first-order valence-corrected chi connectivity index (χ1v) is 10.7. The van der Waals surface area contributed by atoms with Gasteiger partial charge in [-0.3, -0.25) is 4.79 Å². The first-order valence-electron chi connectivity index (χ1n) is 10.7. The summed E-state index contributed by atoms with van der Waals surface area (Å²) in [5, 5.41) is 8.90. The van der Waals surface area contributed by atoms with Crippen LogP contribution in [0.3, 0.4) is 0 Å². The summed E-state index contributed by atoms with van der Waals surface area (Å²) in [6.07, 6.45) is 4.12. The second-order valence-electron chi connectivity index (χ2n) is 7.46. The highest BCUT2D eigenvalue weighted by molar-refractivity contribution is 5.71. The van der Waals surface area contributed by atoms with Gasteiger partial charge in [-0.2, -0.15) is 0 Å². The second kappa shape index (κ2) is 10.8. The average molecular weight is 395 g/mol. The van der Waals surface area contributed by atoms with Crippen LogP contribution in [-0.4, -0.2) is 17.7 Å². The summed E-state index contributed by atoms with van der Waals surface area (Å²) in [6.45, 7) is 10.8. The lowest BCUT2D eigenvalue weighted by Crippen LogP contribution is -2.05. The Morgan fingerprint density at radius 3 is 2.31 bits per heavy atom. The van der Waals surface area contributed by atoms with E-state index in [-0.39, 0.29) is 6.42 Å². The number of rotatable bonds is 7. The lowest BCUT2D eigenvalue weighted by atomic mass is 9.98. The molecule has 2 aromatic carbocycles. The van der Waals surface area contributed by atoms with Crippen LogP contribution >= 0.6 is 0 Å². The molecule has 0 radical (unpaired) electrons. The third kappa shape index (κ3) is 5.96. The van der Waals surface area contributed by atoms with Gasteiger partial charge < -0.3 is 9.84 Å². The molecule has 156 valence electrons. The highest BCUT2D eigenvalue weighted by Crippen LogP contribution is 2.35. The monoisotopic (exact) mass is 394 g/mol. The molecule has 0 saturated carbocycles. The predicted octanol–water partition coefficient (Wildman–Crippen LogP) is 6.67. The molecule has 0 aliphatic heterocycles. The van der Waals surface area contributed by atoms with Gasteiger partial charge in [-0.25, -0.2) is 0 Å². The maximum absolute atomic E-state index is 10.8. The molecule has 0 amide bonds. The molecule has 0 heterocycles. The van der Waals surface area contributed by atoms with Gasteiger partial charge in [0, 0.05) is 6.42 Å². The predicted molar refractivity (Wildman–Crippen MR) is 121 cm³/mol. The zero-order valence-electron chi connectivity index (χ0n) is 18.5. The first kappa shape index (κ1) is 22.7. The van der Waals surface area contributed by atoms with Crippen molar-refractivity contribution in [3.63, 3.8) is 0 Å². The van der Waals surface area contributed by atoms with Gasteiger partial charge in [0.1, 0.15) is 12.4 Å². The molecule has 0 spiro atoms. The molecule has 3 nitrogen and oxygen atoms in total. The van der Waals surface area contributed by atoms with Crippen LogP contribution in [0.1, 0.15) is 67.3 Å². The van der Waals surface area contributed by atoms with Crippen molar-refractivity contribution in [1.82, 2.24) is 0 Å². The molecule has 0 aromatic heterocycles. The number of carbonyl (C=O) groups is 1. The largest absolute Gasteiger partial charge is 0.489 e. The van der Waals surface area contributed by atoms with E-state index in [1.165, 1.54) is 28.7 Å². The van der Waals surface area contributed by atoms with Crippen LogP contribution in [-0.2, 0) is 11.2 Å². The Kier molecular flexibility index (Phi) is 8.50. The molecule has 29 heavy (non-hydrogen) atoms. The molecule has 1 aliphatic rings. The van der Waals surface area contributed by atoms with Crippen LogP contribution in [0.4, 0.5) is 0 Å². The lowest BCUT2D eigenvalue weighted by molar-refractivity contribution is -0.136. The van der Waals surface area contributed by atoms with E-state index >= 15 is 0 Å². The maximum atomic E-state index is 10.8. The molecule has 2 aromatic rings. The van der Waals surface area contributed by atoms with Gasteiger partial charge >= 0.3 is 5.97 Å². The normalized spacial score (nSPS) is 13.1. The van der Waals surface area contributed by atoms with Gasteiger partial charge in [-0.05, 0) is 85.9 Å². The number of carboxylic acids is 1. The number of benzene rings is 2. The Hall–Kier alpha value is -2.55. The van der Waals surface area contributed by atoms with Gasteiger partial charge in [0.05, 0.1) is 0 Å². The van der Waals surface area contributed by atoms with Crippen molar-refractivity contribution >= 4 is 11.5 Å². The molecule has 1 N–H and O–H groups in total. The highest BCUT2D eigenvalue weighted by atomic mass is 16.5. The van der Waals surface area contributed by atoms with Crippen molar-refractivity contribution < 1.29 is 14.6 Å². The van der Waals surface area contributed by atoms with Crippen LogP contribution in [0.2, 0.25) is 0 Å². The van der Waals surface area contributed by atoms with Crippen LogP contribution in [0.5, 0.6) is 5.75 Å². The van der Waals surface area contributed by atoms with Crippen LogP contribution in [0.15, 0.2) is 42.0 Å². The van der Waals surface area contributed by atoms with Gasteiger partial charge in [0.15, 0.2) is 0 Å². The standard InChI is InChI=1S/C24H28O3.C2H6/c1-16-7-9-20(10-8-16)22-6-4-5-21(22)15-27-23-13-11-19(12-14-24(25)26)17(2)18(23)3;1-2/h7-11,13H,4-6,12,14-15H2,1-3H3,(H,25,26);1-2H3.